The molecule has 0 spiro atoms. The Kier molecular flexibility index (Phi) is 3.15. The van der Waals surface area contributed by atoms with Crippen molar-refractivity contribution in [1.82, 2.24) is 4.90 Å². The second-order valence-electron chi connectivity index (χ2n) is 4.43. The van der Waals surface area contributed by atoms with Crippen LogP contribution in [0.25, 0.3) is 0 Å². The second-order valence-corrected chi connectivity index (χ2v) is 4.83. The minimum atomic E-state index is 0.0957. The van der Waals surface area contributed by atoms with Gasteiger partial charge in [-0.1, -0.05) is 17.7 Å². The molecule has 1 aromatic rings. The molecule has 0 fully saturated rings. The molecule has 1 atom stereocenters. The van der Waals surface area contributed by atoms with Crippen LogP contribution in [0.3, 0.4) is 0 Å². The van der Waals surface area contributed by atoms with Gasteiger partial charge in [-0.25, -0.2) is 0 Å². The maximum absolute atomic E-state index is 9.41. The first kappa shape index (κ1) is 12.0. The largest absolute Gasteiger partial charge is 0.506 e. The predicted octanol–water partition coefficient (Wildman–Crippen LogP) is 2.13. The van der Waals surface area contributed by atoms with Gasteiger partial charge in [0.05, 0.1) is 17.6 Å². The molecule has 3 N–H and O–H groups in total. The number of rotatable bonds is 2. The number of guanidine groups is 1. The van der Waals surface area contributed by atoms with E-state index < -0.39 is 0 Å². The Bertz CT molecular complexity index is 459. The fraction of sp³-hybridized carbons (Fsp3) is 0.417. The summed E-state index contributed by atoms with van der Waals surface area (Å²) in [5.41, 5.74) is 6.89. The summed E-state index contributed by atoms with van der Waals surface area (Å²) >= 11 is 5.92. The van der Waals surface area contributed by atoms with Crippen LogP contribution in [0.5, 0.6) is 5.75 Å². The minimum absolute atomic E-state index is 0.0957. The van der Waals surface area contributed by atoms with E-state index in [0.717, 1.165) is 5.56 Å². The Morgan fingerprint density at radius 2 is 2.24 bits per heavy atom. The van der Waals surface area contributed by atoms with Crippen LogP contribution in [0.2, 0.25) is 5.02 Å². The zero-order valence-corrected chi connectivity index (χ0v) is 10.6. The normalized spacial score (nSPS) is 19.9. The fourth-order valence-electron chi connectivity index (χ4n) is 2.13. The maximum atomic E-state index is 9.41. The van der Waals surface area contributed by atoms with Crippen LogP contribution in [0.15, 0.2) is 23.2 Å². The van der Waals surface area contributed by atoms with E-state index >= 15 is 0 Å². The van der Waals surface area contributed by atoms with Crippen LogP contribution < -0.4 is 5.73 Å². The molecule has 0 saturated carbocycles. The number of aliphatic imine (C=N–C) groups is 1. The van der Waals surface area contributed by atoms with Gasteiger partial charge in [-0.05, 0) is 31.5 Å². The number of phenols is 1. The quantitative estimate of drug-likeness (QED) is 0.849. The minimum Gasteiger partial charge on any atom is -0.506 e. The van der Waals surface area contributed by atoms with E-state index in [0.29, 0.717) is 17.5 Å². The van der Waals surface area contributed by atoms with Crippen LogP contribution in [0.1, 0.15) is 25.5 Å². The highest BCUT2D eigenvalue weighted by molar-refractivity contribution is 6.32. The Balaban J connectivity index is 2.31. The lowest BCUT2D eigenvalue weighted by molar-refractivity contribution is 0.290. The SMILES string of the molecule is CC(C)N1C(N)=NCC1c1ccc(O)c(Cl)c1. The van der Waals surface area contributed by atoms with Gasteiger partial charge in [0.15, 0.2) is 5.96 Å². The summed E-state index contributed by atoms with van der Waals surface area (Å²) in [7, 11) is 0. The molecule has 0 radical (unpaired) electrons. The van der Waals surface area contributed by atoms with Crippen molar-refractivity contribution in [2.45, 2.75) is 25.9 Å². The molecule has 1 aliphatic heterocycles. The van der Waals surface area contributed by atoms with E-state index in [4.69, 9.17) is 17.3 Å². The molecule has 0 aliphatic carbocycles. The number of nitrogens with two attached hydrogens (primary N) is 1. The van der Waals surface area contributed by atoms with Crippen molar-refractivity contribution in [2.75, 3.05) is 6.54 Å². The van der Waals surface area contributed by atoms with Gasteiger partial charge >= 0.3 is 0 Å². The Labute approximate surface area is 106 Å². The van der Waals surface area contributed by atoms with E-state index in [1.165, 1.54) is 0 Å². The van der Waals surface area contributed by atoms with Crippen LogP contribution in [0, 0.1) is 0 Å². The molecule has 1 aromatic carbocycles. The van der Waals surface area contributed by atoms with Gasteiger partial charge in [0.25, 0.3) is 0 Å². The summed E-state index contributed by atoms with van der Waals surface area (Å²) in [6, 6.07) is 5.61. The van der Waals surface area contributed by atoms with E-state index in [1.54, 1.807) is 12.1 Å². The van der Waals surface area contributed by atoms with Gasteiger partial charge in [0.1, 0.15) is 5.75 Å². The van der Waals surface area contributed by atoms with Crippen LogP contribution in [0.4, 0.5) is 0 Å². The third-order valence-corrected chi connectivity index (χ3v) is 3.24. The summed E-state index contributed by atoms with van der Waals surface area (Å²) < 4.78 is 0. The highest BCUT2D eigenvalue weighted by Gasteiger charge is 2.29. The fourth-order valence-corrected chi connectivity index (χ4v) is 2.32. The summed E-state index contributed by atoms with van der Waals surface area (Å²) in [5, 5.41) is 9.77. The highest BCUT2D eigenvalue weighted by Crippen LogP contribution is 2.32. The Morgan fingerprint density at radius 3 is 2.82 bits per heavy atom. The van der Waals surface area contributed by atoms with Crippen molar-refractivity contribution in [1.29, 1.82) is 0 Å². The molecular weight excluding hydrogens is 238 g/mol. The molecule has 1 unspecified atom stereocenters. The van der Waals surface area contributed by atoms with Crippen molar-refractivity contribution in [3.05, 3.63) is 28.8 Å². The van der Waals surface area contributed by atoms with Crippen molar-refractivity contribution in [3.63, 3.8) is 0 Å². The molecule has 92 valence electrons. The standard InChI is InChI=1S/C12H16ClN3O/c1-7(2)16-10(6-15-12(16)14)8-3-4-11(17)9(13)5-8/h3-5,7,10,17H,6H2,1-2H3,(H2,14,15). The van der Waals surface area contributed by atoms with Gasteiger partial charge in [0.2, 0.25) is 0 Å². The number of halogens is 1. The third-order valence-electron chi connectivity index (χ3n) is 2.94. The monoisotopic (exact) mass is 253 g/mol. The molecule has 1 heterocycles. The van der Waals surface area contributed by atoms with Gasteiger partial charge in [-0.15, -0.1) is 0 Å². The molecule has 0 amide bonds. The molecule has 5 heteroatoms. The predicted molar refractivity (Wildman–Crippen MR) is 69.3 cm³/mol. The molecule has 0 aromatic heterocycles. The Hall–Kier alpha value is -1.42. The number of aromatic hydroxyl groups is 1. The van der Waals surface area contributed by atoms with Crippen molar-refractivity contribution in [3.8, 4) is 5.75 Å². The zero-order chi connectivity index (χ0) is 12.6. The van der Waals surface area contributed by atoms with E-state index in [1.807, 2.05) is 6.07 Å². The lowest BCUT2D eigenvalue weighted by atomic mass is 10.0. The maximum Gasteiger partial charge on any atom is 0.192 e. The molecule has 1 aliphatic rings. The first-order valence-corrected chi connectivity index (χ1v) is 5.95. The molecule has 2 rings (SSSR count). The first-order valence-electron chi connectivity index (χ1n) is 5.57. The molecule has 0 bridgehead atoms. The number of hydrogen-bond acceptors (Lipinski definition) is 4. The highest BCUT2D eigenvalue weighted by atomic mass is 35.5. The van der Waals surface area contributed by atoms with Gasteiger partial charge in [0, 0.05) is 6.04 Å². The average molecular weight is 254 g/mol. The van der Waals surface area contributed by atoms with Gasteiger partial charge in [-0.2, -0.15) is 0 Å². The van der Waals surface area contributed by atoms with E-state index in [2.05, 4.69) is 23.7 Å². The van der Waals surface area contributed by atoms with Crippen molar-refractivity contribution >= 4 is 17.6 Å². The first-order chi connectivity index (χ1) is 8.00. The van der Waals surface area contributed by atoms with E-state index in [-0.39, 0.29) is 17.8 Å². The van der Waals surface area contributed by atoms with Crippen LogP contribution >= 0.6 is 11.6 Å². The van der Waals surface area contributed by atoms with E-state index in [9.17, 15) is 5.11 Å². The lowest BCUT2D eigenvalue weighted by Crippen LogP contribution is -2.40. The summed E-state index contributed by atoms with van der Waals surface area (Å²) in [6.07, 6.45) is 0. The lowest BCUT2D eigenvalue weighted by Gasteiger charge is -2.30. The zero-order valence-electron chi connectivity index (χ0n) is 9.89. The summed E-state index contributed by atoms with van der Waals surface area (Å²) in [5.74, 6) is 0.660. The van der Waals surface area contributed by atoms with Gasteiger partial charge < -0.3 is 15.7 Å². The summed E-state index contributed by atoms with van der Waals surface area (Å²) in [4.78, 5) is 6.32. The second kappa shape index (κ2) is 4.45. The smallest absolute Gasteiger partial charge is 0.192 e. The average Bonchev–Trinajstić information content (AvgIpc) is 2.64. The Morgan fingerprint density at radius 1 is 1.53 bits per heavy atom. The molecule has 0 saturated heterocycles. The topological polar surface area (TPSA) is 61.8 Å². The van der Waals surface area contributed by atoms with Crippen LogP contribution in [-0.4, -0.2) is 28.6 Å². The molecule has 4 nitrogen and oxygen atoms in total. The van der Waals surface area contributed by atoms with Gasteiger partial charge in [-0.3, -0.25) is 4.99 Å². The molecular formula is C12H16ClN3O. The number of hydrogen-bond donors (Lipinski definition) is 2. The number of phenolic OH excluding ortho intramolecular Hbond substituents is 1. The summed E-state index contributed by atoms with van der Waals surface area (Å²) in [6.45, 7) is 4.77. The third kappa shape index (κ3) is 2.17. The number of nitrogens with zero attached hydrogens (tertiary/aromatic N) is 2. The molecule has 17 heavy (non-hydrogen) atoms. The number of benzene rings is 1. The van der Waals surface area contributed by atoms with Crippen molar-refractivity contribution in [2.24, 2.45) is 10.7 Å². The van der Waals surface area contributed by atoms with Crippen LogP contribution in [-0.2, 0) is 0 Å². The van der Waals surface area contributed by atoms with Crippen molar-refractivity contribution < 1.29 is 5.11 Å².